The smallest absolute Gasteiger partial charge is 0.374 e. The lowest BCUT2D eigenvalue weighted by Crippen LogP contribution is -2.46. The summed E-state index contributed by atoms with van der Waals surface area (Å²) in [5.41, 5.74) is 2.42. The Labute approximate surface area is 128 Å². The lowest BCUT2D eigenvalue weighted by molar-refractivity contribution is 0.0714. The zero-order valence-corrected chi connectivity index (χ0v) is 14.4. The van der Waals surface area contributed by atoms with E-state index in [2.05, 4.69) is 12.1 Å². The Balaban J connectivity index is 2.78. The summed E-state index contributed by atoms with van der Waals surface area (Å²) in [6, 6.07) is 9.01. The molecule has 114 valence electrons. The molecule has 0 fully saturated rings. The van der Waals surface area contributed by atoms with Gasteiger partial charge in [0.05, 0.1) is 0 Å². The molecule has 0 radical (unpaired) electrons. The van der Waals surface area contributed by atoms with E-state index in [-0.39, 0.29) is 0 Å². The average Bonchev–Trinajstić information content (AvgIpc) is 2.46. The van der Waals surface area contributed by atoms with Gasteiger partial charge in [-0.05, 0) is 38.3 Å². The number of rotatable bonds is 10. The molecule has 1 aromatic carbocycles. The van der Waals surface area contributed by atoms with Gasteiger partial charge in [0, 0.05) is 31.7 Å². The highest BCUT2D eigenvalue weighted by Crippen LogP contribution is 2.21. The van der Waals surface area contributed by atoms with Crippen LogP contribution in [0.2, 0.25) is 6.04 Å². The van der Waals surface area contributed by atoms with E-state index >= 15 is 0 Å². The van der Waals surface area contributed by atoms with Crippen molar-refractivity contribution < 1.29 is 13.3 Å². The topological polar surface area (TPSA) is 27.7 Å². The molecule has 0 aliphatic carbocycles. The lowest BCUT2D eigenvalue weighted by atomic mass is 10.1. The molecule has 0 aliphatic rings. The van der Waals surface area contributed by atoms with E-state index in [9.17, 15) is 0 Å². The molecule has 0 N–H and O–H groups in total. The number of hydrogen-bond donors (Lipinski definition) is 0. The van der Waals surface area contributed by atoms with E-state index in [1.165, 1.54) is 11.1 Å². The van der Waals surface area contributed by atoms with E-state index in [0.29, 0.717) is 25.7 Å². The molecule has 0 spiro atoms. The van der Waals surface area contributed by atoms with Crippen LogP contribution in [0, 0.1) is 0 Å². The van der Waals surface area contributed by atoms with E-state index in [4.69, 9.17) is 24.9 Å². The van der Waals surface area contributed by atoms with Crippen LogP contribution >= 0.6 is 11.6 Å². The van der Waals surface area contributed by atoms with Gasteiger partial charge < -0.3 is 13.3 Å². The van der Waals surface area contributed by atoms with Crippen LogP contribution in [0.25, 0.3) is 0 Å². The van der Waals surface area contributed by atoms with Crippen molar-refractivity contribution in [3.8, 4) is 0 Å². The predicted octanol–water partition coefficient (Wildman–Crippen LogP) is 4.02. The maximum Gasteiger partial charge on any atom is 0.501 e. The predicted molar refractivity (Wildman–Crippen MR) is 85.1 cm³/mol. The molecule has 0 saturated carbocycles. The molecule has 1 rings (SSSR count). The van der Waals surface area contributed by atoms with E-state index in [0.717, 1.165) is 12.5 Å². The van der Waals surface area contributed by atoms with Gasteiger partial charge in [0.15, 0.2) is 0 Å². The zero-order valence-electron chi connectivity index (χ0n) is 12.7. The van der Waals surface area contributed by atoms with Crippen LogP contribution in [0.4, 0.5) is 0 Å². The van der Waals surface area contributed by atoms with Crippen molar-refractivity contribution in [2.45, 2.75) is 39.1 Å². The summed E-state index contributed by atoms with van der Waals surface area (Å²) in [6.07, 6.45) is 0.870. The van der Waals surface area contributed by atoms with Crippen LogP contribution in [-0.4, -0.2) is 28.6 Å². The van der Waals surface area contributed by atoms with Gasteiger partial charge in [0.2, 0.25) is 0 Å². The minimum absolute atomic E-state index is 0.530. The summed E-state index contributed by atoms with van der Waals surface area (Å²) < 4.78 is 17.6. The van der Waals surface area contributed by atoms with Crippen LogP contribution in [0.15, 0.2) is 24.3 Å². The quantitative estimate of drug-likeness (QED) is 0.482. The highest BCUT2D eigenvalue weighted by Gasteiger charge is 2.39. The molecule has 0 aromatic heterocycles. The van der Waals surface area contributed by atoms with Crippen molar-refractivity contribution in [2.75, 3.05) is 19.8 Å². The summed E-state index contributed by atoms with van der Waals surface area (Å²) in [6.45, 7) is 7.78. The first-order valence-corrected chi connectivity index (χ1v) is 9.72. The molecule has 0 heterocycles. The molecule has 3 nitrogen and oxygen atoms in total. The van der Waals surface area contributed by atoms with Crippen molar-refractivity contribution in [3.05, 3.63) is 35.4 Å². The highest BCUT2D eigenvalue weighted by atomic mass is 35.5. The highest BCUT2D eigenvalue weighted by molar-refractivity contribution is 6.60. The maximum atomic E-state index is 5.98. The second kappa shape index (κ2) is 9.53. The minimum atomic E-state index is -2.56. The summed E-state index contributed by atoms with van der Waals surface area (Å²) in [5, 5.41) is 0. The van der Waals surface area contributed by atoms with Crippen LogP contribution < -0.4 is 0 Å². The molecule has 0 saturated heterocycles. The van der Waals surface area contributed by atoms with E-state index in [1.807, 2.05) is 32.9 Å². The number of aryl methyl sites for hydroxylation is 1. The molecule has 1 aromatic rings. The van der Waals surface area contributed by atoms with Crippen LogP contribution in [0.3, 0.4) is 0 Å². The SMILES string of the molecule is CCO[Si](CCc1ccccc1CCl)(OCC)OCC. The van der Waals surface area contributed by atoms with Gasteiger partial charge in [-0.2, -0.15) is 0 Å². The van der Waals surface area contributed by atoms with Crippen LogP contribution in [0.5, 0.6) is 0 Å². The number of benzene rings is 1. The van der Waals surface area contributed by atoms with Crippen LogP contribution in [-0.2, 0) is 25.6 Å². The second-order valence-corrected chi connectivity index (χ2v) is 7.38. The molecule has 0 aliphatic heterocycles. The molecule has 0 bridgehead atoms. The summed E-state index contributed by atoms with van der Waals surface area (Å²) in [5.74, 6) is 0.530. The van der Waals surface area contributed by atoms with Gasteiger partial charge in [-0.3, -0.25) is 0 Å². The van der Waals surface area contributed by atoms with E-state index in [1.54, 1.807) is 0 Å². The normalized spacial score (nSPS) is 11.8. The second-order valence-electron chi connectivity index (χ2n) is 4.38. The fourth-order valence-corrected chi connectivity index (χ4v) is 5.06. The van der Waals surface area contributed by atoms with Crippen molar-refractivity contribution in [1.82, 2.24) is 0 Å². The van der Waals surface area contributed by atoms with Gasteiger partial charge in [-0.15, -0.1) is 11.6 Å². The van der Waals surface area contributed by atoms with Gasteiger partial charge in [0.25, 0.3) is 0 Å². The van der Waals surface area contributed by atoms with Crippen molar-refractivity contribution >= 4 is 20.4 Å². The van der Waals surface area contributed by atoms with Crippen LogP contribution in [0.1, 0.15) is 31.9 Å². The summed E-state index contributed by atoms with van der Waals surface area (Å²) in [4.78, 5) is 0. The van der Waals surface area contributed by atoms with Gasteiger partial charge >= 0.3 is 8.80 Å². The summed E-state index contributed by atoms with van der Waals surface area (Å²) >= 11 is 5.98. The monoisotopic (exact) mass is 316 g/mol. The fraction of sp³-hybridized carbons (Fsp3) is 0.600. The molecule has 0 unspecified atom stereocenters. The number of hydrogen-bond acceptors (Lipinski definition) is 3. The minimum Gasteiger partial charge on any atom is -0.374 e. The zero-order chi connectivity index (χ0) is 14.8. The lowest BCUT2D eigenvalue weighted by Gasteiger charge is -2.28. The number of halogens is 1. The van der Waals surface area contributed by atoms with Gasteiger partial charge in [0.1, 0.15) is 0 Å². The first-order chi connectivity index (χ1) is 9.71. The third-order valence-corrected chi connectivity index (χ3v) is 6.39. The molecule has 0 amide bonds. The third-order valence-electron chi connectivity index (χ3n) is 3.06. The molecule has 0 atom stereocenters. The Kier molecular flexibility index (Phi) is 8.41. The Hall–Kier alpha value is -0.393. The molecular weight excluding hydrogens is 292 g/mol. The third kappa shape index (κ3) is 5.18. The van der Waals surface area contributed by atoms with Gasteiger partial charge in [-0.25, -0.2) is 0 Å². The standard InChI is InChI=1S/C15H25ClO3Si/c1-4-17-20(18-5-2,19-6-3)12-11-14-9-7-8-10-15(14)13-16/h7-10H,4-6,11-13H2,1-3H3. The Morgan fingerprint density at radius 1 is 0.900 bits per heavy atom. The first kappa shape index (κ1) is 17.7. The molecule has 20 heavy (non-hydrogen) atoms. The van der Waals surface area contributed by atoms with Crippen molar-refractivity contribution in [2.24, 2.45) is 0 Å². The Morgan fingerprint density at radius 3 is 1.85 bits per heavy atom. The maximum absolute atomic E-state index is 5.98. The van der Waals surface area contributed by atoms with Crippen molar-refractivity contribution in [3.63, 3.8) is 0 Å². The molecular formula is C15H25ClO3Si. The summed E-state index contributed by atoms with van der Waals surface area (Å²) in [7, 11) is -2.56. The Morgan fingerprint density at radius 2 is 1.40 bits per heavy atom. The first-order valence-electron chi connectivity index (χ1n) is 7.25. The van der Waals surface area contributed by atoms with E-state index < -0.39 is 8.80 Å². The van der Waals surface area contributed by atoms with Gasteiger partial charge in [-0.1, -0.05) is 24.3 Å². The molecule has 5 heteroatoms. The largest absolute Gasteiger partial charge is 0.501 e. The number of alkyl halides is 1. The van der Waals surface area contributed by atoms with Crippen molar-refractivity contribution in [1.29, 1.82) is 0 Å². The Bertz CT molecular complexity index is 370. The fourth-order valence-electron chi connectivity index (χ4n) is 2.22. The average molecular weight is 317 g/mol.